The summed E-state index contributed by atoms with van der Waals surface area (Å²) in [5, 5.41) is 6.34. The van der Waals surface area contributed by atoms with Gasteiger partial charge >= 0.3 is 6.03 Å². The summed E-state index contributed by atoms with van der Waals surface area (Å²) in [7, 11) is 0. The van der Waals surface area contributed by atoms with Crippen molar-refractivity contribution in [1.29, 1.82) is 0 Å². The fraction of sp³-hybridized carbons (Fsp3) is 0.316. The molecule has 0 aromatic heterocycles. The number of carbonyl (C=O) groups excluding carboxylic acids is 1. The second-order valence-corrected chi connectivity index (χ2v) is 6.81. The molecule has 5 nitrogen and oxygen atoms in total. The lowest BCUT2D eigenvalue weighted by Gasteiger charge is -2.41. The maximum Gasteiger partial charge on any atom is 0.319 e. The van der Waals surface area contributed by atoms with Gasteiger partial charge in [0.25, 0.3) is 0 Å². The predicted molar refractivity (Wildman–Crippen MR) is 97.7 cm³/mol. The number of hydrogen-bond acceptors (Lipinski definition) is 3. The van der Waals surface area contributed by atoms with E-state index in [4.69, 9.17) is 21.1 Å². The predicted octanol–water partition coefficient (Wildman–Crippen LogP) is 4.35. The molecule has 1 heterocycles. The first-order valence-corrected chi connectivity index (χ1v) is 8.50. The first kappa shape index (κ1) is 17.7. The molecule has 2 amide bonds. The lowest BCUT2D eigenvalue weighted by molar-refractivity contribution is -0.284. The molecule has 1 aliphatic heterocycles. The zero-order chi connectivity index (χ0) is 17.9. The number of halogens is 1. The first-order valence-electron chi connectivity index (χ1n) is 8.13. The van der Waals surface area contributed by atoms with Gasteiger partial charge in [-0.25, -0.2) is 4.79 Å². The maximum absolute atomic E-state index is 12.3. The minimum absolute atomic E-state index is 0.291. The fourth-order valence-corrected chi connectivity index (χ4v) is 2.85. The Morgan fingerprint density at radius 1 is 1.12 bits per heavy atom. The Hall–Kier alpha value is -2.08. The average molecular weight is 361 g/mol. The number of nitrogens with one attached hydrogen (secondary N) is 2. The number of rotatable bonds is 3. The zero-order valence-corrected chi connectivity index (χ0v) is 14.9. The van der Waals surface area contributed by atoms with Gasteiger partial charge in [-0.05, 0) is 43.7 Å². The molecule has 1 saturated heterocycles. The van der Waals surface area contributed by atoms with Crippen molar-refractivity contribution in [2.45, 2.75) is 31.8 Å². The van der Waals surface area contributed by atoms with Crippen molar-refractivity contribution in [3.8, 4) is 0 Å². The van der Waals surface area contributed by atoms with Crippen LogP contribution in [0.4, 0.5) is 10.5 Å². The van der Waals surface area contributed by atoms with Crippen LogP contribution in [0.2, 0.25) is 5.02 Å². The summed E-state index contributed by atoms with van der Waals surface area (Å²) in [4.78, 5) is 12.3. The van der Waals surface area contributed by atoms with Gasteiger partial charge in [-0.3, -0.25) is 0 Å². The molecule has 0 aliphatic carbocycles. The summed E-state index contributed by atoms with van der Waals surface area (Å²) in [5.41, 5.74) is 1.66. The number of ether oxygens (including phenoxy) is 2. The van der Waals surface area contributed by atoms with Crippen LogP contribution in [0.25, 0.3) is 0 Å². The quantitative estimate of drug-likeness (QED) is 0.855. The van der Waals surface area contributed by atoms with Crippen molar-refractivity contribution in [2.75, 3.05) is 11.9 Å². The Morgan fingerprint density at radius 2 is 1.80 bits per heavy atom. The van der Waals surface area contributed by atoms with Crippen molar-refractivity contribution in [3.05, 3.63) is 65.2 Å². The smallest absolute Gasteiger partial charge is 0.319 e. The molecule has 2 atom stereocenters. The lowest BCUT2D eigenvalue weighted by Crippen LogP contribution is -2.52. The van der Waals surface area contributed by atoms with E-state index >= 15 is 0 Å². The maximum atomic E-state index is 12.3. The van der Waals surface area contributed by atoms with Crippen LogP contribution in [-0.2, 0) is 9.47 Å². The molecular formula is C19H21ClN2O3. The van der Waals surface area contributed by atoms with Gasteiger partial charge in [0.05, 0.1) is 12.6 Å². The minimum atomic E-state index is -0.703. The van der Waals surface area contributed by atoms with Gasteiger partial charge in [-0.2, -0.15) is 0 Å². The molecule has 1 fully saturated rings. The van der Waals surface area contributed by atoms with Crippen LogP contribution in [-0.4, -0.2) is 24.5 Å². The van der Waals surface area contributed by atoms with Crippen LogP contribution >= 0.6 is 11.6 Å². The van der Waals surface area contributed by atoms with E-state index in [1.54, 1.807) is 24.3 Å². The largest absolute Gasteiger partial charge is 0.348 e. The van der Waals surface area contributed by atoms with E-state index in [1.807, 2.05) is 44.2 Å². The van der Waals surface area contributed by atoms with E-state index in [0.717, 1.165) is 5.56 Å². The van der Waals surface area contributed by atoms with Crippen LogP contribution in [0.1, 0.15) is 25.5 Å². The molecule has 0 bridgehead atoms. The molecule has 0 unspecified atom stereocenters. The average Bonchev–Trinajstić information content (AvgIpc) is 2.59. The molecule has 0 saturated carbocycles. The van der Waals surface area contributed by atoms with Crippen molar-refractivity contribution < 1.29 is 14.3 Å². The highest BCUT2D eigenvalue weighted by Crippen LogP contribution is 2.32. The third-order valence-electron chi connectivity index (χ3n) is 3.93. The summed E-state index contributed by atoms with van der Waals surface area (Å²) in [5.74, 6) is -0.703. The molecule has 6 heteroatoms. The van der Waals surface area contributed by atoms with Crippen molar-refractivity contribution in [3.63, 3.8) is 0 Å². The summed E-state index contributed by atoms with van der Waals surface area (Å²) in [6.45, 7) is 4.10. The molecule has 3 rings (SSSR count). The number of carbonyl (C=O) groups is 1. The summed E-state index contributed by atoms with van der Waals surface area (Å²) in [6.07, 6.45) is -0.291. The normalized spacial score (nSPS) is 22.2. The fourth-order valence-electron chi connectivity index (χ4n) is 2.73. The molecule has 132 valence electrons. The SMILES string of the molecule is CC1(C)OC[C@H](NC(=O)Nc2ccc(Cl)cc2)[C@@H](c2ccccc2)O1. The van der Waals surface area contributed by atoms with Crippen LogP contribution in [0.5, 0.6) is 0 Å². The van der Waals surface area contributed by atoms with Gasteiger partial charge in [-0.1, -0.05) is 41.9 Å². The van der Waals surface area contributed by atoms with E-state index < -0.39 is 5.79 Å². The summed E-state index contributed by atoms with van der Waals surface area (Å²) in [6, 6.07) is 16.1. The van der Waals surface area contributed by atoms with Gasteiger partial charge < -0.3 is 20.1 Å². The van der Waals surface area contributed by atoms with Crippen molar-refractivity contribution in [2.24, 2.45) is 0 Å². The standard InChI is InChI=1S/C19H21ClN2O3/c1-19(2)24-12-16(17(25-19)13-6-4-3-5-7-13)22-18(23)21-15-10-8-14(20)9-11-15/h3-11,16-17H,12H2,1-2H3,(H2,21,22,23)/t16-,17+/m0/s1. The van der Waals surface area contributed by atoms with E-state index in [9.17, 15) is 4.79 Å². The molecule has 0 radical (unpaired) electrons. The monoisotopic (exact) mass is 360 g/mol. The highest BCUT2D eigenvalue weighted by Gasteiger charge is 2.38. The molecule has 25 heavy (non-hydrogen) atoms. The Morgan fingerprint density at radius 3 is 2.48 bits per heavy atom. The van der Waals surface area contributed by atoms with Crippen LogP contribution in [0.3, 0.4) is 0 Å². The topological polar surface area (TPSA) is 59.6 Å². The van der Waals surface area contributed by atoms with E-state index in [1.165, 1.54) is 0 Å². The first-order chi connectivity index (χ1) is 11.9. The van der Waals surface area contributed by atoms with Gasteiger partial charge in [0.15, 0.2) is 5.79 Å². The summed E-state index contributed by atoms with van der Waals surface area (Å²) >= 11 is 5.86. The molecule has 2 N–H and O–H groups in total. The Bertz CT molecular complexity index is 719. The highest BCUT2D eigenvalue weighted by atomic mass is 35.5. The van der Waals surface area contributed by atoms with Gasteiger partial charge in [0.2, 0.25) is 0 Å². The number of benzene rings is 2. The van der Waals surface area contributed by atoms with Gasteiger partial charge in [0.1, 0.15) is 6.10 Å². The molecule has 0 spiro atoms. The molecule has 2 aromatic rings. The van der Waals surface area contributed by atoms with E-state index in [0.29, 0.717) is 17.3 Å². The number of hydrogen-bond donors (Lipinski definition) is 2. The second kappa shape index (κ2) is 7.44. The zero-order valence-electron chi connectivity index (χ0n) is 14.2. The summed E-state index contributed by atoms with van der Waals surface area (Å²) < 4.78 is 11.8. The van der Waals surface area contributed by atoms with Crippen LogP contribution in [0, 0.1) is 0 Å². The number of amides is 2. The van der Waals surface area contributed by atoms with Crippen molar-refractivity contribution in [1.82, 2.24) is 5.32 Å². The lowest BCUT2D eigenvalue weighted by atomic mass is 10.0. The van der Waals surface area contributed by atoms with E-state index in [-0.39, 0.29) is 18.2 Å². The molecule has 1 aliphatic rings. The van der Waals surface area contributed by atoms with Crippen LogP contribution < -0.4 is 10.6 Å². The molecule has 2 aromatic carbocycles. The Labute approximate surface area is 152 Å². The highest BCUT2D eigenvalue weighted by molar-refractivity contribution is 6.30. The van der Waals surface area contributed by atoms with Crippen LogP contribution in [0.15, 0.2) is 54.6 Å². The molecular weight excluding hydrogens is 340 g/mol. The third-order valence-corrected chi connectivity index (χ3v) is 4.19. The Kier molecular flexibility index (Phi) is 5.27. The second-order valence-electron chi connectivity index (χ2n) is 6.37. The van der Waals surface area contributed by atoms with Gasteiger partial charge in [-0.15, -0.1) is 0 Å². The van der Waals surface area contributed by atoms with Gasteiger partial charge in [0, 0.05) is 10.7 Å². The van der Waals surface area contributed by atoms with Crippen molar-refractivity contribution >= 4 is 23.3 Å². The number of urea groups is 1. The van der Waals surface area contributed by atoms with E-state index in [2.05, 4.69) is 10.6 Å². The Balaban J connectivity index is 1.70. The number of anilines is 1. The third kappa shape index (κ3) is 4.72. The minimum Gasteiger partial charge on any atom is -0.348 e.